The molecule has 4 heterocycles. The van der Waals surface area contributed by atoms with Crippen LogP contribution in [-0.2, 0) is 17.3 Å². The van der Waals surface area contributed by atoms with Crippen molar-refractivity contribution in [2.24, 2.45) is 7.05 Å². The maximum absolute atomic E-state index is 14.1. The fourth-order valence-corrected chi connectivity index (χ4v) is 4.01. The van der Waals surface area contributed by atoms with Gasteiger partial charge in [-0.3, -0.25) is 14.7 Å². The van der Waals surface area contributed by atoms with Crippen LogP contribution in [0.3, 0.4) is 0 Å². The first-order chi connectivity index (χ1) is 14.4. The minimum atomic E-state index is -0.644. The largest absolute Gasteiger partial charge is 0.366 e. The molecule has 1 amide bonds. The summed E-state index contributed by atoms with van der Waals surface area (Å²) in [6, 6.07) is 7.61. The predicted molar refractivity (Wildman–Crippen MR) is 112 cm³/mol. The van der Waals surface area contributed by atoms with Crippen LogP contribution in [0.4, 0.5) is 21.6 Å². The van der Waals surface area contributed by atoms with Gasteiger partial charge in [0.15, 0.2) is 11.6 Å². The van der Waals surface area contributed by atoms with E-state index in [1.54, 1.807) is 28.4 Å². The number of rotatable bonds is 3. The molecule has 5 rings (SSSR count). The number of hydrogen-bond acceptors (Lipinski definition) is 5. The molecular weight excluding hydrogens is 383 g/mol. The second-order valence-corrected chi connectivity index (χ2v) is 8.07. The summed E-state index contributed by atoms with van der Waals surface area (Å²) in [4.78, 5) is 24.9. The van der Waals surface area contributed by atoms with Gasteiger partial charge in [0, 0.05) is 31.2 Å². The highest BCUT2D eigenvalue weighted by atomic mass is 19.1. The summed E-state index contributed by atoms with van der Waals surface area (Å²) in [6.45, 7) is 4.30. The van der Waals surface area contributed by atoms with Crippen molar-refractivity contribution in [2.75, 3.05) is 16.5 Å². The number of aryl methyl sites for hydroxylation is 1. The van der Waals surface area contributed by atoms with E-state index >= 15 is 0 Å². The Morgan fingerprint density at radius 1 is 1.20 bits per heavy atom. The molecule has 0 atom stereocenters. The summed E-state index contributed by atoms with van der Waals surface area (Å²) in [5.41, 5.74) is 3.36. The molecule has 0 aliphatic carbocycles. The molecule has 1 aromatic carbocycles. The number of halogens is 1. The van der Waals surface area contributed by atoms with Gasteiger partial charge in [0.1, 0.15) is 0 Å². The van der Waals surface area contributed by atoms with Crippen LogP contribution in [0.2, 0.25) is 0 Å². The molecule has 0 saturated carbocycles. The highest BCUT2D eigenvalue weighted by molar-refractivity contribution is 6.12. The number of nitrogens with one attached hydrogen (secondary N) is 1. The standard InChI is InChI=1S/C22H21FN6O/c1-22(2)15-5-4-14(8-19(15)29(21(22)30)20-11-27(3)12-26-20)17-10-28(13-25-17)18-6-7-24-9-16(18)23/h4-12,25H,13H2,1-3H3. The maximum Gasteiger partial charge on any atom is 0.242 e. The number of hydrogen-bond donors (Lipinski definition) is 1. The topological polar surface area (TPSA) is 66.3 Å². The normalized spacial score (nSPS) is 17.2. The Balaban J connectivity index is 1.56. The Morgan fingerprint density at radius 3 is 2.77 bits per heavy atom. The first kappa shape index (κ1) is 18.4. The molecule has 3 aromatic rings. The first-order valence-electron chi connectivity index (χ1n) is 9.65. The lowest BCUT2D eigenvalue weighted by Crippen LogP contribution is -2.33. The smallest absolute Gasteiger partial charge is 0.242 e. The molecule has 2 aliphatic rings. The second-order valence-electron chi connectivity index (χ2n) is 8.07. The third kappa shape index (κ3) is 2.67. The molecule has 0 unspecified atom stereocenters. The van der Waals surface area contributed by atoms with Crippen LogP contribution < -0.4 is 15.1 Å². The molecule has 0 fully saturated rings. The van der Waals surface area contributed by atoms with Gasteiger partial charge in [-0.1, -0.05) is 12.1 Å². The van der Waals surface area contributed by atoms with Crippen LogP contribution in [-0.4, -0.2) is 27.1 Å². The molecule has 0 saturated heterocycles. The van der Waals surface area contributed by atoms with E-state index < -0.39 is 5.41 Å². The highest BCUT2D eigenvalue weighted by Crippen LogP contribution is 2.45. The van der Waals surface area contributed by atoms with Gasteiger partial charge >= 0.3 is 0 Å². The summed E-state index contributed by atoms with van der Waals surface area (Å²) in [6.07, 6.45) is 8.15. The summed E-state index contributed by atoms with van der Waals surface area (Å²) in [7, 11) is 1.87. The predicted octanol–water partition coefficient (Wildman–Crippen LogP) is 3.28. The number of imidazole rings is 1. The summed E-state index contributed by atoms with van der Waals surface area (Å²) < 4.78 is 15.9. The minimum Gasteiger partial charge on any atom is -0.366 e. The van der Waals surface area contributed by atoms with Gasteiger partial charge in [0.25, 0.3) is 0 Å². The molecule has 2 aromatic heterocycles. The quantitative estimate of drug-likeness (QED) is 0.726. The Hall–Kier alpha value is -3.68. The average molecular weight is 404 g/mol. The highest BCUT2D eigenvalue weighted by Gasteiger charge is 2.45. The monoisotopic (exact) mass is 404 g/mol. The number of fused-ring (bicyclic) bond motifs is 1. The molecule has 7 nitrogen and oxygen atoms in total. The van der Waals surface area contributed by atoms with Gasteiger partial charge in [-0.05, 0) is 31.5 Å². The molecule has 0 spiro atoms. The Morgan fingerprint density at radius 2 is 2.03 bits per heavy atom. The minimum absolute atomic E-state index is 0.0119. The van der Waals surface area contributed by atoms with Crippen LogP contribution in [0.25, 0.3) is 5.70 Å². The Labute approximate surface area is 173 Å². The maximum atomic E-state index is 14.1. The van der Waals surface area contributed by atoms with E-state index in [1.807, 2.05) is 56.1 Å². The Bertz CT molecular complexity index is 1200. The van der Waals surface area contributed by atoms with E-state index in [9.17, 15) is 9.18 Å². The molecule has 30 heavy (non-hydrogen) atoms. The van der Waals surface area contributed by atoms with Crippen molar-refractivity contribution < 1.29 is 9.18 Å². The van der Waals surface area contributed by atoms with Crippen LogP contribution in [0.1, 0.15) is 25.0 Å². The van der Waals surface area contributed by atoms with Gasteiger partial charge in [-0.25, -0.2) is 9.37 Å². The second kappa shape index (κ2) is 6.41. The molecule has 0 bridgehead atoms. The van der Waals surface area contributed by atoms with E-state index in [2.05, 4.69) is 15.3 Å². The number of pyridine rings is 1. The number of anilines is 3. The zero-order valence-electron chi connectivity index (χ0n) is 16.9. The van der Waals surface area contributed by atoms with Gasteiger partial charge < -0.3 is 14.8 Å². The zero-order valence-corrected chi connectivity index (χ0v) is 16.9. The van der Waals surface area contributed by atoms with Gasteiger partial charge in [-0.15, -0.1) is 0 Å². The number of carbonyl (C=O) groups excluding carboxylic acids is 1. The third-order valence-corrected chi connectivity index (χ3v) is 5.67. The van der Waals surface area contributed by atoms with Crippen molar-refractivity contribution >= 4 is 28.8 Å². The summed E-state index contributed by atoms with van der Waals surface area (Å²) >= 11 is 0. The molecule has 0 radical (unpaired) electrons. The SMILES string of the molecule is Cn1cnc(N2C(=O)C(C)(C)c3ccc(C4=CN(c5ccncc5F)CN4)cc32)c1. The number of amides is 1. The number of nitrogens with zero attached hydrogens (tertiary/aromatic N) is 5. The molecule has 1 N–H and O–H groups in total. The van der Waals surface area contributed by atoms with E-state index in [0.29, 0.717) is 18.2 Å². The first-order valence-corrected chi connectivity index (χ1v) is 9.65. The molecule has 152 valence electrons. The summed E-state index contributed by atoms with van der Waals surface area (Å²) in [5.74, 6) is 0.210. The van der Waals surface area contributed by atoms with Gasteiger partial charge in [0.05, 0.1) is 41.7 Å². The van der Waals surface area contributed by atoms with Crippen molar-refractivity contribution in [3.63, 3.8) is 0 Å². The number of benzene rings is 1. The van der Waals surface area contributed by atoms with E-state index in [4.69, 9.17) is 0 Å². The van der Waals surface area contributed by atoms with Crippen molar-refractivity contribution in [1.29, 1.82) is 0 Å². The van der Waals surface area contributed by atoms with Gasteiger partial charge in [-0.2, -0.15) is 0 Å². The zero-order chi connectivity index (χ0) is 21.0. The van der Waals surface area contributed by atoms with Crippen LogP contribution in [0, 0.1) is 5.82 Å². The van der Waals surface area contributed by atoms with Crippen molar-refractivity contribution in [1.82, 2.24) is 19.9 Å². The summed E-state index contributed by atoms with van der Waals surface area (Å²) in [5, 5.41) is 3.31. The van der Waals surface area contributed by atoms with Crippen molar-refractivity contribution in [2.45, 2.75) is 19.3 Å². The molecule has 2 aliphatic heterocycles. The van der Waals surface area contributed by atoms with Crippen LogP contribution >= 0.6 is 0 Å². The lowest BCUT2D eigenvalue weighted by molar-refractivity contribution is -0.121. The average Bonchev–Trinajstić information content (AvgIpc) is 3.41. The third-order valence-electron chi connectivity index (χ3n) is 5.67. The Kier molecular flexibility index (Phi) is 3.92. The van der Waals surface area contributed by atoms with Crippen LogP contribution in [0.15, 0.2) is 55.4 Å². The lowest BCUT2D eigenvalue weighted by atomic mass is 9.86. The van der Waals surface area contributed by atoms with Crippen molar-refractivity contribution in [3.05, 3.63) is 72.3 Å². The fourth-order valence-electron chi connectivity index (χ4n) is 4.01. The fraction of sp³-hybridized carbons (Fsp3) is 0.227. The lowest BCUT2D eigenvalue weighted by Gasteiger charge is -2.18. The van der Waals surface area contributed by atoms with E-state index in [1.165, 1.54) is 6.20 Å². The van der Waals surface area contributed by atoms with E-state index in [-0.39, 0.29) is 11.7 Å². The number of carbonyl (C=O) groups is 1. The van der Waals surface area contributed by atoms with Crippen molar-refractivity contribution in [3.8, 4) is 0 Å². The molecular formula is C22H21FN6O. The van der Waals surface area contributed by atoms with Crippen LogP contribution in [0.5, 0.6) is 0 Å². The molecule has 8 heteroatoms. The van der Waals surface area contributed by atoms with Gasteiger partial charge in [0.2, 0.25) is 5.91 Å². The van der Waals surface area contributed by atoms with E-state index in [0.717, 1.165) is 22.5 Å². The number of aromatic nitrogens is 3.